The number of carbonyl (C=O) groups excluding carboxylic acids is 2. The Hall–Kier alpha value is -3.81. The summed E-state index contributed by atoms with van der Waals surface area (Å²) in [5.74, 6) is -1.25. The molecular formula is C32H32ClNO11. The van der Waals surface area contributed by atoms with E-state index in [0.29, 0.717) is 24.1 Å². The summed E-state index contributed by atoms with van der Waals surface area (Å²) in [6.45, 7) is 1.74. The molecule has 0 amide bonds. The summed E-state index contributed by atoms with van der Waals surface area (Å²) in [6.07, 6.45) is -2.55. The third kappa shape index (κ3) is 4.34. The fourth-order valence-corrected chi connectivity index (χ4v) is 7.25. The van der Waals surface area contributed by atoms with Crippen LogP contribution in [-0.4, -0.2) is 60.6 Å². The van der Waals surface area contributed by atoms with Crippen molar-refractivity contribution in [1.82, 2.24) is 4.57 Å². The summed E-state index contributed by atoms with van der Waals surface area (Å²) in [6, 6.07) is 0. The Labute approximate surface area is 261 Å². The molecule has 0 spiro atoms. The van der Waals surface area contributed by atoms with Crippen LogP contribution in [0.15, 0.2) is 19.6 Å². The van der Waals surface area contributed by atoms with Gasteiger partial charge < -0.3 is 38.1 Å². The molecule has 6 rings (SSSR count). The van der Waals surface area contributed by atoms with E-state index in [0.717, 1.165) is 0 Å². The number of benzene rings is 1. The maximum absolute atomic E-state index is 14.3. The molecule has 12 nitrogen and oxygen atoms in total. The highest BCUT2D eigenvalue weighted by atomic mass is 35.5. The number of aliphatic hydroxyl groups is 2. The SMILES string of the molecule is CCCc1c(Cl)c2c(c(=O)n1C)C(=O)C1=C(CCc3c1c(OC)c1c(=O)c4c(oc1c3OC)[C@H](OCOC)C[C@@H](O)[C@H]4O)C2=O. The lowest BCUT2D eigenvalue weighted by atomic mass is 9.73. The summed E-state index contributed by atoms with van der Waals surface area (Å²) in [5, 5.41) is 21.4. The average Bonchev–Trinajstić information content (AvgIpc) is 3.02. The maximum atomic E-state index is 14.3. The predicted octanol–water partition coefficient (Wildman–Crippen LogP) is 3.35. The highest BCUT2D eigenvalue weighted by molar-refractivity contribution is 6.45. The number of hydrogen-bond acceptors (Lipinski definition) is 11. The number of ketones is 2. The number of fused-ring (bicyclic) bond motifs is 5. The summed E-state index contributed by atoms with van der Waals surface area (Å²) in [5.41, 5.74) is -1.06. The molecule has 3 atom stereocenters. The lowest BCUT2D eigenvalue weighted by molar-refractivity contribution is -0.115. The van der Waals surface area contributed by atoms with Gasteiger partial charge in [0.25, 0.3) is 5.56 Å². The molecule has 2 heterocycles. The monoisotopic (exact) mass is 641 g/mol. The molecule has 2 aromatic heterocycles. The van der Waals surface area contributed by atoms with Crippen LogP contribution in [0, 0.1) is 0 Å². The van der Waals surface area contributed by atoms with E-state index in [4.69, 9.17) is 35.0 Å². The van der Waals surface area contributed by atoms with Gasteiger partial charge in [-0.05, 0) is 19.3 Å². The zero-order valence-corrected chi connectivity index (χ0v) is 26.1. The van der Waals surface area contributed by atoms with E-state index < -0.39 is 40.9 Å². The Bertz CT molecular complexity index is 1950. The van der Waals surface area contributed by atoms with E-state index in [1.807, 2.05) is 6.92 Å². The Morgan fingerprint density at radius 2 is 1.69 bits per heavy atom. The number of nitrogens with zero attached hydrogens (tertiary/aromatic N) is 1. The molecule has 13 heteroatoms. The average molecular weight is 642 g/mol. The zero-order valence-electron chi connectivity index (χ0n) is 25.4. The summed E-state index contributed by atoms with van der Waals surface area (Å²) in [7, 11) is 5.58. The third-order valence-electron chi connectivity index (χ3n) is 8.88. The van der Waals surface area contributed by atoms with Crippen molar-refractivity contribution >= 4 is 39.7 Å². The van der Waals surface area contributed by atoms with Crippen molar-refractivity contribution in [3.63, 3.8) is 0 Å². The van der Waals surface area contributed by atoms with Gasteiger partial charge in [-0.1, -0.05) is 24.9 Å². The van der Waals surface area contributed by atoms with Gasteiger partial charge in [0, 0.05) is 48.5 Å². The van der Waals surface area contributed by atoms with Crippen LogP contribution in [0.4, 0.5) is 0 Å². The molecule has 1 aromatic carbocycles. The van der Waals surface area contributed by atoms with Gasteiger partial charge in [-0.3, -0.25) is 19.2 Å². The molecule has 0 aliphatic heterocycles. The normalized spacial score (nSPS) is 20.6. The van der Waals surface area contributed by atoms with Gasteiger partial charge in [0.05, 0.1) is 36.5 Å². The van der Waals surface area contributed by atoms with Crippen LogP contribution in [0.5, 0.6) is 11.5 Å². The predicted molar refractivity (Wildman–Crippen MR) is 161 cm³/mol. The van der Waals surface area contributed by atoms with Crippen LogP contribution in [0.1, 0.15) is 87.3 Å². The van der Waals surface area contributed by atoms with Crippen LogP contribution < -0.4 is 20.5 Å². The molecule has 238 valence electrons. The lowest BCUT2D eigenvalue weighted by Crippen LogP contribution is -2.36. The smallest absolute Gasteiger partial charge is 0.262 e. The van der Waals surface area contributed by atoms with Crippen molar-refractivity contribution < 1.29 is 43.2 Å². The molecular weight excluding hydrogens is 610 g/mol. The first-order valence-electron chi connectivity index (χ1n) is 14.5. The number of pyridine rings is 1. The summed E-state index contributed by atoms with van der Waals surface area (Å²) >= 11 is 6.70. The fraction of sp³-hybridized carbons (Fsp3) is 0.438. The van der Waals surface area contributed by atoms with E-state index >= 15 is 0 Å². The Morgan fingerprint density at radius 1 is 0.978 bits per heavy atom. The van der Waals surface area contributed by atoms with Gasteiger partial charge in [-0.25, -0.2) is 0 Å². The number of ether oxygens (including phenoxy) is 4. The first-order valence-corrected chi connectivity index (χ1v) is 14.9. The van der Waals surface area contributed by atoms with Crippen LogP contribution in [0.3, 0.4) is 0 Å². The second kappa shape index (κ2) is 11.5. The van der Waals surface area contributed by atoms with E-state index in [1.54, 1.807) is 0 Å². The van der Waals surface area contributed by atoms with Gasteiger partial charge in [-0.15, -0.1) is 0 Å². The minimum Gasteiger partial charge on any atom is -0.495 e. The van der Waals surface area contributed by atoms with Crippen molar-refractivity contribution in [2.24, 2.45) is 7.05 Å². The number of methoxy groups -OCH3 is 3. The van der Waals surface area contributed by atoms with Crippen molar-refractivity contribution in [1.29, 1.82) is 0 Å². The van der Waals surface area contributed by atoms with E-state index in [-0.39, 0.29) is 92.7 Å². The van der Waals surface area contributed by atoms with Crippen LogP contribution in [0.2, 0.25) is 5.02 Å². The van der Waals surface area contributed by atoms with Crippen LogP contribution >= 0.6 is 11.6 Å². The molecule has 0 radical (unpaired) electrons. The Kier molecular flexibility index (Phi) is 7.99. The van der Waals surface area contributed by atoms with E-state index in [9.17, 15) is 29.4 Å². The Balaban J connectivity index is 1.69. The van der Waals surface area contributed by atoms with E-state index in [1.165, 1.54) is 32.9 Å². The van der Waals surface area contributed by atoms with Gasteiger partial charge in [-0.2, -0.15) is 0 Å². The number of carbonyl (C=O) groups is 2. The van der Waals surface area contributed by atoms with Crippen molar-refractivity contribution in [3.05, 3.63) is 70.4 Å². The number of aromatic nitrogens is 1. The molecule has 3 aliphatic rings. The third-order valence-corrected chi connectivity index (χ3v) is 9.29. The van der Waals surface area contributed by atoms with Gasteiger partial charge in [0.1, 0.15) is 41.5 Å². The first kappa shape index (κ1) is 31.2. The fourth-order valence-electron chi connectivity index (χ4n) is 6.84. The van der Waals surface area contributed by atoms with Crippen molar-refractivity contribution in [2.45, 2.75) is 57.3 Å². The second-order valence-electron chi connectivity index (χ2n) is 11.3. The Morgan fingerprint density at radius 3 is 2.33 bits per heavy atom. The highest BCUT2D eigenvalue weighted by Gasteiger charge is 2.45. The number of rotatable bonds is 7. The number of aliphatic hydroxyl groups excluding tert-OH is 2. The first-order chi connectivity index (χ1) is 21.5. The molecule has 0 fully saturated rings. The minimum atomic E-state index is -1.61. The number of Topliss-reactive ketones (excluding diaryl/α,β-unsaturated/α-hetero) is 2. The summed E-state index contributed by atoms with van der Waals surface area (Å²) in [4.78, 5) is 56.2. The number of halogens is 1. The molecule has 45 heavy (non-hydrogen) atoms. The van der Waals surface area contributed by atoms with Gasteiger partial charge in [0.2, 0.25) is 11.2 Å². The van der Waals surface area contributed by atoms with Crippen molar-refractivity contribution in [3.8, 4) is 11.5 Å². The maximum Gasteiger partial charge on any atom is 0.262 e. The zero-order chi connectivity index (χ0) is 32.5. The lowest BCUT2D eigenvalue weighted by Gasteiger charge is -2.33. The van der Waals surface area contributed by atoms with Gasteiger partial charge in [0.15, 0.2) is 17.1 Å². The van der Waals surface area contributed by atoms with Crippen LogP contribution in [-0.2, 0) is 29.4 Å². The molecule has 0 saturated carbocycles. The molecule has 0 bridgehead atoms. The number of hydrogen-bond donors (Lipinski definition) is 2. The molecule has 0 unspecified atom stereocenters. The van der Waals surface area contributed by atoms with Crippen molar-refractivity contribution in [2.75, 3.05) is 28.1 Å². The second-order valence-corrected chi connectivity index (χ2v) is 11.7. The van der Waals surface area contributed by atoms with Gasteiger partial charge >= 0.3 is 0 Å². The standard InChI is InChI=1S/C32H32ClNO11/c1-6-7-14-23(33)19-20(32(40)34(14)2)26(38)17-12(24(19)36)8-9-13-18(17)30(43-5)22-27(39)21-25(37)15(35)10-16(44-11-41-3)29(21)45-31(22)28(13)42-4/h15-16,25,35,37H,6-11H2,1-5H3/t15-,16-,25-/m1/s1. The quantitative estimate of drug-likeness (QED) is 0.364. The van der Waals surface area contributed by atoms with E-state index in [2.05, 4.69) is 0 Å². The molecule has 0 saturated heterocycles. The number of allylic oxidation sites excluding steroid dienone is 2. The molecule has 3 aromatic rings. The molecule has 2 N–H and O–H groups in total. The topological polar surface area (TPSA) is 164 Å². The summed E-state index contributed by atoms with van der Waals surface area (Å²) < 4.78 is 29.8. The highest BCUT2D eigenvalue weighted by Crippen LogP contribution is 2.51. The minimum absolute atomic E-state index is 0.00256. The largest absolute Gasteiger partial charge is 0.495 e. The van der Waals surface area contributed by atoms with Crippen LogP contribution in [0.25, 0.3) is 16.5 Å². The molecule has 3 aliphatic carbocycles.